The van der Waals surface area contributed by atoms with Crippen LogP contribution >= 0.6 is 0 Å². The van der Waals surface area contributed by atoms with Gasteiger partial charge in [0, 0.05) is 12.6 Å². The van der Waals surface area contributed by atoms with Gasteiger partial charge in [-0.25, -0.2) is 0 Å². The second-order valence-corrected chi connectivity index (χ2v) is 6.62. The summed E-state index contributed by atoms with van der Waals surface area (Å²) >= 11 is 0. The molecule has 0 aromatic carbocycles. The molecular formula is C15H28N2O2. The van der Waals surface area contributed by atoms with Gasteiger partial charge in [0.1, 0.15) is 5.54 Å². The number of likely N-dealkylation sites (N-methyl/N-ethyl adjacent to an activating group) is 1. The molecule has 2 saturated carbocycles. The molecule has 2 aliphatic rings. The Morgan fingerprint density at radius 3 is 2.26 bits per heavy atom. The SMILES string of the molecule is CCC1CCC(N(C)CC(N)(C(=O)O)C2CC2)CC1. The predicted molar refractivity (Wildman–Crippen MR) is 75.9 cm³/mol. The lowest BCUT2D eigenvalue weighted by atomic mass is 9.83. The molecule has 0 bridgehead atoms. The second kappa shape index (κ2) is 5.80. The van der Waals surface area contributed by atoms with E-state index in [1.54, 1.807) is 0 Å². The number of carboxylic acid groups (broad SMARTS) is 1. The molecule has 0 radical (unpaired) electrons. The highest BCUT2D eigenvalue weighted by atomic mass is 16.4. The zero-order valence-electron chi connectivity index (χ0n) is 12.3. The van der Waals surface area contributed by atoms with Crippen LogP contribution in [0.5, 0.6) is 0 Å². The van der Waals surface area contributed by atoms with Crippen LogP contribution in [0.25, 0.3) is 0 Å². The van der Waals surface area contributed by atoms with Gasteiger partial charge in [0.05, 0.1) is 0 Å². The molecule has 2 rings (SSSR count). The number of rotatable bonds is 6. The molecule has 0 aromatic heterocycles. The molecule has 0 amide bonds. The van der Waals surface area contributed by atoms with Crippen molar-refractivity contribution >= 4 is 5.97 Å². The van der Waals surface area contributed by atoms with E-state index >= 15 is 0 Å². The number of aliphatic carboxylic acids is 1. The Morgan fingerprint density at radius 2 is 1.84 bits per heavy atom. The number of nitrogens with zero attached hydrogens (tertiary/aromatic N) is 1. The highest BCUT2D eigenvalue weighted by molar-refractivity contribution is 5.79. The third-order valence-electron chi connectivity index (χ3n) is 5.23. The van der Waals surface area contributed by atoms with Crippen LogP contribution in [0.1, 0.15) is 51.9 Å². The minimum atomic E-state index is -1.03. The minimum Gasteiger partial charge on any atom is -0.480 e. The van der Waals surface area contributed by atoms with Gasteiger partial charge in [0.2, 0.25) is 0 Å². The standard InChI is InChI=1S/C15H28N2O2/c1-3-11-4-8-13(9-5-11)17(2)10-15(16,14(18)19)12-6-7-12/h11-13H,3-10,16H2,1-2H3,(H,18,19). The van der Waals surface area contributed by atoms with Crippen molar-refractivity contribution in [2.24, 2.45) is 17.6 Å². The molecule has 0 aliphatic heterocycles. The van der Waals surface area contributed by atoms with E-state index in [1.165, 1.54) is 32.1 Å². The first kappa shape index (κ1) is 14.8. The van der Waals surface area contributed by atoms with Gasteiger partial charge in [-0.05, 0) is 57.4 Å². The molecule has 19 heavy (non-hydrogen) atoms. The van der Waals surface area contributed by atoms with Gasteiger partial charge in [0.15, 0.2) is 0 Å². The summed E-state index contributed by atoms with van der Waals surface area (Å²) in [5.74, 6) is 0.221. The first-order valence-corrected chi connectivity index (χ1v) is 7.70. The van der Waals surface area contributed by atoms with E-state index in [9.17, 15) is 9.90 Å². The maximum atomic E-state index is 11.5. The summed E-state index contributed by atoms with van der Waals surface area (Å²) in [6, 6.07) is 0.517. The van der Waals surface area contributed by atoms with E-state index < -0.39 is 11.5 Å². The maximum Gasteiger partial charge on any atom is 0.325 e. The number of hydrogen-bond donors (Lipinski definition) is 2. The summed E-state index contributed by atoms with van der Waals surface area (Å²) < 4.78 is 0. The van der Waals surface area contributed by atoms with E-state index in [-0.39, 0.29) is 5.92 Å². The van der Waals surface area contributed by atoms with Gasteiger partial charge in [-0.1, -0.05) is 13.3 Å². The Labute approximate surface area is 116 Å². The molecule has 0 saturated heterocycles. The minimum absolute atomic E-state index is 0.180. The highest BCUT2D eigenvalue weighted by Crippen LogP contribution is 2.39. The molecule has 110 valence electrons. The molecule has 0 aromatic rings. The van der Waals surface area contributed by atoms with E-state index in [2.05, 4.69) is 11.8 Å². The average molecular weight is 268 g/mol. The summed E-state index contributed by atoms with van der Waals surface area (Å²) in [5, 5.41) is 9.42. The summed E-state index contributed by atoms with van der Waals surface area (Å²) in [4.78, 5) is 13.7. The first-order chi connectivity index (χ1) is 8.97. The van der Waals surface area contributed by atoms with Gasteiger partial charge in [-0.3, -0.25) is 4.79 Å². The van der Waals surface area contributed by atoms with Crippen molar-refractivity contribution in [3.63, 3.8) is 0 Å². The van der Waals surface area contributed by atoms with Gasteiger partial charge in [0.25, 0.3) is 0 Å². The van der Waals surface area contributed by atoms with Crippen molar-refractivity contribution in [2.45, 2.75) is 63.5 Å². The number of carbonyl (C=O) groups is 1. The Bertz CT molecular complexity index is 322. The van der Waals surface area contributed by atoms with E-state index in [0.717, 1.165) is 18.8 Å². The predicted octanol–water partition coefficient (Wildman–Crippen LogP) is 2.08. The van der Waals surface area contributed by atoms with Gasteiger partial charge >= 0.3 is 5.97 Å². The molecule has 0 spiro atoms. The lowest BCUT2D eigenvalue weighted by Crippen LogP contribution is -2.59. The molecule has 4 heteroatoms. The zero-order chi connectivity index (χ0) is 14.0. The Kier molecular flexibility index (Phi) is 4.51. The van der Waals surface area contributed by atoms with Crippen LogP contribution in [0.2, 0.25) is 0 Å². The summed E-state index contributed by atoms with van der Waals surface area (Å²) in [5.41, 5.74) is 5.13. The Morgan fingerprint density at radius 1 is 1.26 bits per heavy atom. The summed E-state index contributed by atoms with van der Waals surface area (Å²) in [7, 11) is 2.05. The fourth-order valence-corrected chi connectivity index (χ4v) is 3.51. The number of hydrogen-bond acceptors (Lipinski definition) is 3. The van der Waals surface area contributed by atoms with Crippen molar-refractivity contribution in [1.29, 1.82) is 0 Å². The molecule has 2 aliphatic carbocycles. The van der Waals surface area contributed by atoms with Crippen molar-refractivity contribution < 1.29 is 9.90 Å². The monoisotopic (exact) mass is 268 g/mol. The third kappa shape index (κ3) is 3.29. The first-order valence-electron chi connectivity index (χ1n) is 7.70. The van der Waals surface area contributed by atoms with E-state index in [1.807, 2.05) is 7.05 Å². The lowest BCUT2D eigenvalue weighted by Gasteiger charge is -2.38. The maximum absolute atomic E-state index is 11.5. The van der Waals surface area contributed by atoms with Crippen LogP contribution in [0.15, 0.2) is 0 Å². The number of nitrogens with two attached hydrogens (primary N) is 1. The van der Waals surface area contributed by atoms with Crippen LogP contribution in [0.3, 0.4) is 0 Å². The van der Waals surface area contributed by atoms with Crippen LogP contribution < -0.4 is 5.73 Å². The van der Waals surface area contributed by atoms with Gasteiger partial charge in [-0.15, -0.1) is 0 Å². The fraction of sp³-hybridized carbons (Fsp3) is 0.933. The molecule has 0 heterocycles. The van der Waals surface area contributed by atoms with Gasteiger partial charge in [-0.2, -0.15) is 0 Å². The van der Waals surface area contributed by atoms with Crippen LogP contribution in [-0.4, -0.2) is 41.1 Å². The largest absolute Gasteiger partial charge is 0.480 e. The highest BCUT2D eigenvalue weighted by Gasteiger charge is 2.49. The molecular weight excluding hydrogens is 240 g/mol. The zero-order valence-corrected chi connectivity index (χ0v) is 12.3. The van der Waals surface area contributed by atoms with Crippen molar-refractivity contribution in [1.82, 2.24) is 4.90 Å². The molecule has 1 unspecified atom stereocenters. The topological polar surface area (TPSA) is 66.6 Å². The third-order valence-corrected chi connectivity index (χ3v) is 5.23. The quantitative estimate of drug-likeness (QED) is 0.774. The second-order valence-electron chi connectivity index (χ2n) is 6.62. The Hall–Kier alpha value is -0.610. The Balaban J connectivity index is 1.89. The van der Waals surface area contributed by atoms with Crippen molar-refractivity contribution in [3.8, 4) is 0 Å². The van der Waals surface area contributed by atoms with Crippen molar-refractivity contribution in [3.05, 3.63) is 0 Å². The summed E-state index contributed by atoms with van der Waals surface area (Å²) in [6.45, 7) is 2.76. The van der Waals surface area contributed by atoms with Crippen LogP contribution in [-0.2, 0) is 4.79 Å². The summed E-state index contributed by atoms with van der Waals surface area (Å²) in [6.07, 6.45) is 8.15. The molecule has 1 atom stereocenters. The molecule has 3 N–H and O–H groups in total. The average Bonchev–Trinajstić information content (AvgIpc) is 3.23. The van der Waals surface area contributed by atoms with Crippen molar-refractivity contribution in [2.75, 3.05) is 13.6 Å². The number of carboxylic acids is 1. The van der Waals surface area contributed by atoms with Crippen LogP contribution in [0.4, 0.5) is 0 Å². The normalized spacial score (nSPS) is 31.2. The molecule has 2 fully saturated rings. The van der Waals surface area contributed by atoms with E-state index in [0.29, 0.717) is 12.6 Å². The van der Waals surface area contributed by atoms with E-state index in [4.69, 9.17) is 5.73 Å². The fourth-order valence-electron chi connectivity index (χ4n) is 3.51. The smallest absolute Gasteiger partial charge is 0.325 e. The van der Waals surface area contributed by atoms with Crippen LogP contribution in [0, 0.1) is 11.8 Å². The lowest BCUT2D eigenvalue weighted by molar-refractivity contribution is -0.145. The van der Waals surface area contributed by atoms with Gasteiger partial charge < -0.3 is 15.7 Å². The molecule has 4 nitrogen and oxygen atoms in total.